The number of hydrogen-bond donors (Lipinski definition) is 14. The van der Waals surface area contributed by atoms with Crippen LogP contribution in [-0.2, 0) is 37.9 Å². The Balaban J connectivity index is 1.54. The van der Waals surface area contributed by atoms with Gasteiger partial charge in [-0.25, -0.2) is 0 Å². The van der Waals surface area contributed by atoms with E-state index in [1.54, 1.807) is 0 Å². The van der Waals surface area contributed by atoms with Crippen molar-refractivity contribution in [3.05, 3.63) is 0 Å². The van der Waals surface area contributed by atoms with Gasteiger partial charge in [0.15, 0.2) is 25.2 Å². The number of ether oxygens (including phenoxy) is 8. The van der Waals surface area contributed by atoms with Crippen molar-refractivity contribution >= 4 is 0 Å². The fourth-order valence-corrected chi connectivity index (χ4v) is 9.63. The van der Waals surface area contributed by atoms with Gasteiger partial charge in [-0.1, -0.05) is 117 Å². The van der Waals surface area contributed by atoms with Crippen molar-refractivity contribution < 1.29 is 109 Å². The van der Waals surface area contributed by atoms with Crippen LogP contribution in [0.25, 0.3) is 0 Å². The van der Waals surface area contributed by atoms with Crippen molar-refractivity contribution in [2.24, 2.45) is 5.41 Å². The van der Waals surface area contributed by atoms with Gasteiger partial charge in [-0.3, -0.25) is 0 Å². The average Bonchev–Trinajstić information content (AvgIpc) is 3.35. The van der Waals surface area contributed by atoms with Crippen LogP contribution in [0.2, 0.25) is 0 Å². The van der Waals surface area contributed by atoms with Gasteiger partial charge in [0.05, 0.1) is 39.6 Å². The monoisotopic (exact) mass is 1000 g/mol. The molecule has 408 valence electrons. The summed E-state index contributed by atoms with van der Waals surface area (Å²) in [5, 5.41) is 148. The summed E-state index contributed by atoms with van der Waals surface area (Å²) in [5.74, 6) is 0. The van der Waals surface area contributed by atoms with Gasteiger partial charge in [0, 0.05) is 5.41 Å². The maximum atomic E-state index is 11.4. The van der Waals surface area contributed by atoms with Crippen LogP contribution in [0, 0.1) is 5.41 Å². The van der Waals surface area contributed by atoms with Gasteiger partial charge in [-0.05, 0) is 12.8 Å². The van der Waals surface area contributed by atoms with Gasteiger partial charge >= 0.3 is 0 Å². The molecule has 0 aromatic heterocycles. The van der Waals surface area contributed by atoms with E-state index in [0.717, 1.165) is 89.9 Å². The average molecular weight is 1010 g/mol. The zero-order valence-electron chi connectivity index (χ0n) is 40.5. The molecule has 4 rings (SSSR count). The van der Waals surface area contributed by atoms with E-state index < -0.39 is 155 Å². The number of aliphatic hydroxyl groups excluding tert-OH is 14. The lowest BCUT2D eigenvalue weighted by atomic mass is 9.79. The van der Waals surface area contributed by atoms with Crippen LogP contribution in [0.1, 0.15) is 129 Å². The molecular formula is C47H88O22. The Labute approximate surface area is 406 Å². The third-order valence-corrected chi connectivity index (χ3v) is 14.1. The minimum atomic E-state index is -1.84. The van der Waals surface area contributed by atoms with Crippen molar-refractivity contribution in [1.82, 2.24) is 0 Å². The number of unbranched alkanes of at least 4 members (excludes halogenated alkanes) is 14. The molecule has 69 heavy (non-hydrogen) atoms. The Morgan fingerprint density at radius 1 is 0.333 bits per heavy atom. The van der Waals surface area contributed by atoms with Crippen LogP contribution < -0.4 is 0 Å². The van der Waals surface area contributed by atoms with E-state index in [1.165, 1.54) is 12.8 Å². The molecule has 0 radical (unpaired) electrons. The number of hydrogen-bond acceptors (Lipinski definition) is 22. The van der Waals surface area contributed by atoms with Crippen molar-refractivity contribution in [2.45, 2.75) is 252 Å². The SMILES string of the molecule is CCCCCCCCCCC(CCCCCCCCCC)(CO[C@@H]1OC(CO)[C@@H](O[C@H]2OC(CO)[C@@H](O)[C@H](O)C2O)[C@H](O)C1O)CO[C@@H]1OC(CO)[C@@H](O[C@H]2OC(CO)[C@@H](O)[C@H](O)C2O)[C@H](O)C1O. The first-order valence-electron chi connectivity index (χ1n) is 25.5. The van der Waals surface area contributed by atoms with Gasteiger partial charge in [0.2, 0.25) is 0 Å². The van der Waals surface area contributed by atoms with Gasteiger partial charge < -0.3 is 109 Å². The molecule has 0 amide bonds. The molecule has 14 N–H and O–H groups in total. The Hall–Kier alpha value is -0.880. The molecule has 8 unspecified atom stereocenters. The van der Waals surface area contributed by atoms with Crippen LogP contribution in [0.15, 0.2) is 0 Å². The maximum Gasteiger partial charge on any atom is 0.187 e. The molecule has 0 aromatic carbocycles. The van der Waals surface area contributed by atoms with Gasteiger partial charge in [-0.2, -0.15) is 0 Å². The maximum absolute atomic E-state index is 11.4. The van der Waals surface area contributed by atoms with E-state index in [-0.39, 0.29) is 13.2 Å². The first-order chi connectivity index (χ1) is 33.1. The number of aliphatic hydroxyl groups is 14. The Morgan fingerprint density at radius 3 is 0.942 bits per heavy atom. The molecule has 0 bridgehead atoms. The third-order valence-electron chi connectivity index (χ3n) is 14.1. The predicted molar refractivity (Wildman–Crippen MR) is 242 cm³/mol. The highest BCUT2D eigenvalue weighted by atomic mass is 16.8. The summed E-state index contributed by atoms with van der Waals surface area (Å²) in [6, 6.07) is 0. The number of rotatable bonds is 32. The second-order valence-electron chi connectivity index (χ2n) is 19.6. The van der Waals surface area contributed by atoms with Crippen LogP contribution >= 0.6 is 0 Å². The first-order valence-corrected chi connectivity index (χ1v) is 25.5. The molecule has 4 fully saturated rings. The van der Waals surface area contributed by atoms with Crippen LogP contribution in [0.3, 0.4) is 0 Å². The topological polar surface area (TPSA) is 357 Å². The summed E-state index contributed by atoms with van der Waals surface area (Å²) in [7, 11) is 0. The summed E-state index contributed by atoms with van der Waals surface area (Å²) in [6.45, 7) is 1.04. The Morgan fingerprint density at radius 2 is 0.623 bits per heavy atom. The minimum absolute atomic E-state index is 0.136. The zero-order chi connectivity index (χ0) is 50.7. The highest BCUT2D eigenvalue weighted by Crippen LogP contribution is 2.38. The molecule has 4 aliphatic rings. The molecule has 20 atom stereocenters. The molecule has 0 spiro atoms. The summed E-state index contributed by atoms with van der Waals surface area (Å²) >= 11 is 0. The Kier molecular flexibility index (Phi) is 27.4. The highest BCUT2D eigenvalue weighted by Gasteiger charge is 2.53. The van der Waals surface area contributed by atoms with E-state index in [2.05, 4.69) is 13.8 Å². The lowest BCUT2D eigenvalue weighted by Crippen LogP contribution is -2.65. The van der Waals surface area contributed by atoms with Crippen molar-refractivity contribution in [1.29, 1.82) is 0 Å². The predicted octanol–water partition coefficient (Wildman–Crippen LogP) is -1.68. The standard InChI is InChI=1S/C47H88O22/c1-3-5-7-9-11-13-15-17-19-47(20-18-16-14-12-10-8-6-4-2,25-62-43-39(60)35(56)41(29(23-50)66-43)68-45-37(58)33(54)31(52)27(21-48)64-45)26-63-44-40(61)36(57)42(30(24-51)67-44)69-46-38(59)34(55)32(53)28(22-49)65-46/h27-46,48-61H,3-26H2,1-2H3/t27?,28?,29?,30?,31-,32-,33+,34+,35-,36-,37?,38?,39?,40?,41-,42-,43-,44-,45-,46-/m1/s1. The molecule has 0 saturated carbocycles. The van der Waals surface area contributed by atoms with Crippen molar-refractivity contribution in [2.75, 3.05) is 39.6 Å². The lowest BCUT2D eigenvalue weighted by Gasteiger charge is -2.47. The van der Waals surface area contributed by atoms with Gasteiger partial charge in [0.1, 0.15) is 97.7 Å². The van der Waals surface area contributed by atoms with Crippen LogP contribution in [0.5, 0.6) is 0 Å². The molecule has 0 aliphatic carbocycles. The molecule has 4 aliphatic heterocycles. The molecule has 0 aromatic rings. The van der Waals surface area contributed by atoms with Gasteiger partial charge in [0.25, 0.3) is 0 Å². The first kappa shape index (κ1) is 60.7. The lowest BCUT2D eigenvalue weighted by molar-refractivity contribution is -0.365. The van der Waals surface area contributed by atoms with E-state index in [1.807, 2.05) is 0 Å². The largest absolute Gasteiger partial charge is 0.394 e. The normalized spacial score (nSPS) is 39.0. The summed E-state index contributed by atoms with van der Waals surface area (Å²) < 4.78 is 47.0. The molecule has 22 heteroatoms. The fourth-order valence-electron chi connectivity index (χ4n) is 9.63. The second-order valence-corrected chi connectivity index (χ2v) is 19.6. The minimum Gasteiger partial charge on any atom is -0.394 e. The van der Waals surface area contributed by atoms with Crippen LogP contribution in [0.4, 0.5) is 0 Å². The van der Waals surface area contributed by atoms with E-state index in [9.17, 15) is 71.5 Å². The third kappa shape index (κ3) is 17.1. The Bertz CT molecular complexity index is 1250. The van der Waals surface area contributed by atoms with Gasteiger partial charge in [-0.15, -0.1) is 0 Å². The zero-order valence-corrected chi connectivity index (χ0v) is 40.5. The summed E-state index contributed by atoms with van der Waals surface area (Å²) in [5.41, 5.74) is -0.872. The molecule has 4 saturated heterocycles. The van der Waals surface area contributed by atoms with E-state index in [4.69, 9.17) is 37.9 Å². The van der Waals surface area contributed by atoms with Crippen molar-refractivity contribution in [3.8, 4) is 0 Å². The van der Waals surface area contributed by atoms with E-state index in [0.29, 0.717) is 12.8 Å². The smallest absolute Gasteiger partial charge is 0.187 e. The fraction of sp³-hybridized carbons (Fsp3) is 1.00. The molecular weight excluding hydrogens is 916 g/mol. The summed E-state index contributed by atoms with van der Waals surface area (Å²) in [6.07, 6.45) is -15.3. The van der Waals surface area contributed by atoms with Crippen LogP contribution in [-0.4, -0.2) is 234 Å². The molecule has 22 nitrogen and oxygen atoms in total. The second kappa shape index (κ2) is 31.1. The molecule has 4 heterocycles. The van der Waals surface area contributed by atoms with E-state index >= 15 is 0 Å². The highest BCUT2D eigenvalue weighted by molar-refractivity contribution is 4.96. The summed E-state index contributed by atoms with van der Waals surface area (Å²) in [4.78, 5) is 0. The quantitative estimate of drug-likeness (QED) is 0.0335. The van der Waals surface area contributed by atoms with Crippen molar-refractivity contribution in [3.63, 3.8) is 0 Å².